The molecule has 0 bridgehead atoms. The highest BCUT2D eigenvalue weighted by atomic mass is 16.5. The normalized spacial score (nSPS) is 21.3. The highest BCUT2D eigenvalue weighted by molar-refractivity contribution is 5.99. The molecule has 112 valence electrons. The Labute approximate surface area is 123 Å². The molecule has 1 saturated heterocycles. The standard InChI is InChI=1S/C15H19N3O3/c1-16-11-3-2-6-18(8-11)15(20)10-4-5-12-13(7-10)21-9-14(19)17-12/h4-5,7,11,16H,2-3,6,8-9H2,1H3,(H,17,19)/t11-/m1/s1. The molecular weight excluding hydrogens is 270 g/mol. The van der Waals surface area contributed by atoms with E-state index in [4.69, 9.17) is 4.74 Å². The zero-order chi connectivity index (χ0) is 14.8. The Morgan fingerprint density at radius 1 is 1.48 bits per heavy atom. The first-order valence-corrected chi connectivity index (χ1v) is 7.20. The van der Waals surface area contributed by atoms with Gasteiger partial charge in [0.25, 0.3) is 11.8 Å². The van der Waals surface area contributed by atoms with Gasteiger partial charge in [0.15, 0.2) is 6.61 Å². The second-order valence-corrected chi connectivity index (χ2v) is 5.43. The lowest BCUT2D eigenvalue weighted by Crippen LogP contribution is -2.47. The molecule has 1 atom stereocenters. The van der Waals surface area contributed by atoms with Crippen LogP contribution in [-0.4, -0.2) is 49.5 Å². The van der Waals surface area contributed by atoms with Crippen molar-refractivity contribution < 1.29 is 14.3 Å². The van der Waals surface area contributed by atoms with E-state index in [1.54, 1.807) is 18.2 Å². The number of fused-ring (bicyclic) bond motifs is 1. The first-order valence-electron chi connectivity index (χ1n) is 7.20. The summed E-state index contributed by atoms with van der Waals surface area (Å²) in [7, 11) is 1.92. The number of hydrogen-bond donors (Lipinski definition) is 2. The number of benzene rings is 1. The Bertz CT molecular complexity index is 573. The van der Waals surface area contributed by atoms with Gasteiger partial charge in [0, 0.05) is 24.7 Å². The zero-order valence-corrected chi connectivity index (χ0v) is 12.0. The van der Waals surface area contributed by atoms with Gasteiger partial charge in [0.2, 0.25) is 0 Å². The van der Waals surface area contributed by atoms with Crippen LogP contribution in [-0.2, 0) is 4.79 Å². The number of nitrogens with one attached hydrogen (secondary N) is 2. The smallest absolute Gasteiger partial charge is 0.262 e. The molecule has 0 saturated carbocycles. The number of nitrogens with zero attached hydrogens (tertiary/aromatic N) is 1. The Kier molecular flexibility index (Phi) is 3.79. The number of likely N-dealkylation sites (N-methyl/N-ethyl adjacent to an activating group) is 1. The predicted octanol–water partition coefficient (Wildman–Crippen LogP) is 0.841. The van der Waals surface area contributed by atoms with E-state index in [9.17, 15) is 9.59 Å². The number of amides is 2. The Morgan fingerprint density at radius 2 is 2.33 bits per heavy atom. The molecule has 21 heavy (non-hydrogen) atoms. The van der Waals surface area contributed by atoms with Crippen molar-refractivity contribution in [2.24, 2.45) is 0 Å². The fraction of sp³-hybridized carbons (Fsp3) is 0.467. The fourth-order valence-corrected chi connectivity index (χ4v) is 2.79. The second-order valence-electron chi connectivity index (χ2n) is 5.43. The molecule has 2 amide bonds. The van der Waals surface area contributed by atoms with Crippen LogP contribution < -0.4 is 15.4 Å². The molecule has 1 fully saturated rings. The van der Waals surface area contributed by atoms with E-state index in [-0.39, 0.29) is 18.4 Å². The predicted molar refractivity (Wildman–Crippen MR) is 78.6 cm³/mol. The number of hydrogen-bond acceptors (Lipinski definition) is 4. The van der Waals surface area contributed by atoms with Gasteiger partial charge in [0.05, 0.1) is 5.69 Å². The minimum absolute atomic E-state index is 0.00378. The van der Waals surface area contributed by atoms with Crippen molar-refractivity contribution >= 4 is 17.5 Å². The summed E-state index contributed by atoms with van der Waals surface area (Å²) in [6.45, 7) is 1.51. The number of carbonyl (C=O) groups excluding carboxylic acids is 2. The number of rotatable bonds is 2. The molecule has 6 heteroatoms. The van der Waals surface area contributed by atoms with Gasteiger partial charge < -0.3 is 20.3 Å². The lowest BCUT2D eigenvalue weighted by Gasteiger charge is -2.32. The SMILES string of the molecule is CN[C@@H]1CCCN(C(=O)c2ccc3c(c2)OCC(=O)N3)C1. The first kappa shape index (κ1) is 13.9. The number of ether oxygens (including phenoxy) is 1. The van der Waals surface area contributed by atoms with Crippen molar-refractivity contribution in [1.82, 2.24) is 10.2 Å². The van der Waals surface area contributed by atoms with Gasteiger partial charge in [-0.15, -0.1) is 0 Å². The third kappa shape index (κ3) is 2.85. The molecule has 2 heterocycles. The summed E-state index contributed by atoms with van der Waals surface area (Å²) in [5.74, 6) is 0.398. The van der Waals surface area contributed by atoms with Gasteiger partial charge in [-0.1, -0.05) is 0 Å². The Morgan fingerprint density at radius 3 is 3.14 bits per heavy atom. The summed E-state index contributed by atoms with van der Waals surface area (Å²) in [4.78, 5) is 25.7. The highest BCUT2D eigenvalue weighted by Gasteiger charge is 2.25. The third-order valence-electron chi connectivity index (χ3n) is 3.98. The maximum absolute atomic E-state index is 12.6. The van der Waals surface area contributed by atoms with Crippen LogP contribution in [0.1, 0.15) is 23.2 Å². The molecule has 0 unspecified atom stereocenters. The van der Waals surface area contributed by atoms with Crippen molar-refractivity contribution in [3.63, 3.8) is 0 Å². The molecule has 1 aromatic carbocycles. The van der Waals surface area contributed by atoms with Crippen LogP contribution in [0.5, 0.6) is 5.75 Å². The maximum atomic E-state index is 12.6. The van der Waals surface area contributed by atoms with Gasteiger partial charge in [-0.05, 0) is 38.1 Å². The molecule has 1 aromatic rings. The molecule has 6 nitrogen and oxygen atoms in total. The van der Waals surface area contributed by atoms with E-state index < -0.39 is 0 Å². The van der Waals surface area contributed by atoms with Crippen LogP contribution in [0, 0.1) is 0 Å². The zero-order valence-electron chi connectivity index (χ0n) is 12.0. The van der Waals surface area contributed by atoms with Gasteiger partial charge in [-0.2, -0.15) is 0 Å². The van der Waals surface area contributed by atoms with Crippen LogP contribution >= 0.6 is 0 Å². The van der Waals surface area contributed by atoms with Crippen LogP contribution in [0.4, 0.5) is 5.69 Å². The molecular formula is C15H19N3O3. The van der Waals surface area contributed by atoms with Crippen molar-refractivity contribution in [3.05, 3.63) is 23.8 Å². The molecule has 2 aliphatic heterocycles. The number of carbonyl (C=O) groups is 2. The average molecular weight is 289 g/mol. The third-order valence-corrected chi connectivity index (χ3v) is 3.98. The van der Waals surface area contributed by atoms with Gasteiger partial charge >= 0.3 is 0 Å². The summed E-state index contributed by atoms with van der Waals surface area (Å²) < 4.78 is 5.36. The Balaban J connectivity index is 1.77. The topological polar surface area (TPSA) is 70.7 Å². The van der Waals surface area contributed by atoms with Gasteiger partial charge in [-0.25, -0.2) is 0 Å². The van der Waals surface area contributed by atoms with Crippen molar-refractivity contribution in [1.29, 1.82) is 0 Å². The fourth-order valence-electron chi connectivity index (χ4n) is 2.79. The number of piperidine rings is 1. The van der Waals surface area contributed by atoms with E-state index in [0.717, 1.165) is 25.9 Å². The van der Waals surface area contributed by atoms with E-state index in [2.05, 4.69) is 10.6 Å². The highest BCUT2D eigenvalue weighted by Crippen LogP contribution is 2.29. The van der Waals surface area contributed by atoms with Gasteiger partial charge in [-0.3, -0.25) is 9.59 Å². The van der Waals surface area contributed by atoms with E-state index in [0.29, 0.717) is 23.0 Å². The van der Waals surface area contributed by atoms with E-state index in [1.165, 1.54) is 0 Å². The Hall–Kier alpha value is -2.08. The lowest BCUT2D eigenvalue weighted by molar-refractivity contribution is -0.118. The van der Waals surface area contributed by atoms with Crippen molar-refractivity contribution in [2.75, 3.05) is 32.1 Å². The summed E-state index contributed by atoms with van der Waals surface area (Å²) in [5.41, 5.74) is 1.22. The second kappa shape index (κ2) is 5.73. The molecule has 0 aliphatic carbocycles. The van der Waals surface area contributed by atoms with Crippen LogP contribution in [0.3, 0.4) is 0 Å². The summed E-state index contributed by atoms with van der Waals surface area (Å²) in [6.07, 6.45) is 2.11. The number of anilines is 1. The molecule has 0 radical (unpaired) electrons. The minimum atomic E-state index is -0.172. The number of likely N-dealkylation sites (tertiary alicyclic amines) is 1. The van der Waals surface area contributed by atoms with Crippen LogP contribution in [0.15, 0.2) is 18.2 Å². The van der Waals surface area contributed by atoms with E-state index >= 15 is 0 Å². The van der Waals surface area contributed by atoms with E-state index in [1.807, 2.05) is 11.9 Å². The molecule has 0 aromatic heterocycles. The molecule has 3 rings (SSSR count). The average Bonchev–Trinajstić information content (AvgIpc) is 2.53. The maximum Gasteiger partial charge on any atom is 0.262 e. The van der Waals surface area contributed by atoms with Crippen molar-refractivity contribution in [2.45, 2.75) is 18.9 Å². The molecule has 2 N–H and O–H groups in total. The van der Waals surface area contributed by atoms with Crippen molar-refractivity contribution in [3.8, 4) is 5.75 Å². The lowest BCUT2D eigenvalue weighted by atomic mass is 10.0. The minimum Gasteiger partial charge on any atom is -0.482 e. The summed E-state index contributed by atoms with van der Waals surface area (Å²) >= 11 is 0. The summed E-state index contributed by atoms with van der Waals surface area (Å²) in [6, 6.07) is 5.52. The first-order chi connectivity index (χ1) is 10.2. The summed E-state index contributed by atoms with van der Waals surface area (Å²) in [5, 5.41) is 5.95. The largest absolute Gasteiger partial charge is 0.482 e. The molecule has 2 aliphatic rings. The quantitative estimate of drug-likeness (QED) is 0.846. The van der Waals surface area contributed by atoms with Crippen LogP contribution in [0.25, 0.3) is 0 Å². The van der Waals surface area contributed by atoms with Crippen LogP contribution in [0.2, 0.25) is 0 Å². The monoisotopic (exact) mass is 289 g/mol. The van der Waals surface area contributed by atoms with Gasteiger partial charge in [0.1, 0.15) is 5.75 Å². The molecule has 0 spiro atoms.